The molecule has 1 aromatic carbocycles. The molecule has 1 fully saturated rings. The van der Waals surface area contributed by atoms with Crippen LogP contribution in [0.5, 0.6) is 0 Å². The lowest BCUT2D eigenvalue weighted by Gasteiger charge is -2.09. The molecule has 0 unspecified atom stereocenters. The number of nitrogens with zero attached hydrogens (tertiary/aromatic N) is 1. The summed E-state index contributed by atoms with van der Waals surface area (Å²) >= 11 is 0. The van der Waals surface area contributed by atoms with Gasteiger partial charge in [0, 0.05) is 29.1 Å². The van der Waals surface area contributed by atoms with Gasteiger partial charge < -0.3 is 10.3 Å². The van der Waals surface area contributed by atoms with Crippen LogP contribution in [0.2, 0.25) is 0 Å². The van der Waals surface area contributed by atoms with Gasteiger partial charge in [0.2, 0.25) is 0 Å². The van der Waals surface area contributed by atoms with Crippen LogP contribution in [0.4, 0.5) is 0 Å². The van der Waals surface area contributed by atoms with Gasteiger partial charge in [-0.3, -0.25) is 0 Å². The van der Waals surface area contributed by atoms with Crippen LogP contribution in [-0.4, -0.2) is 11.1 Å². The maximum atomic E-state index is 5.76. The summed E-state index contributed by atoms with van der Waals surface area (Å²) in [6.07, 6.45) is 3.65. The summed E-state index contributed by atoms with van der Waals surface area (Å²) in [5.74, 6) is 0. The number of rotatable bonds is 3. The summed E-state index contributed by atoms with van der Waals surface area (Å²) in [4.78, 5) is 0. The van der Waals surface area contributed by atoms with E-state index < -0.39 is 0 Å². The first-order chi connectivity index (χ1) is 8.22. The molecule has 2 N–H and O–H groups in total. The third kappa shape index (κ3) is 1.67. The van der Waals surface area contributed by atoms with E-state index in [1.165, 1.54) is 40.6 Å². The molecule has 0 aliphatic heterocycles. The van der Waals surface area contributed by atoms with Crippen molar-refractivity contribution in [3.8, 4) is 0 Å². The van der Waals surface area contributed by atoms with E-state index in [1.807, 2.05) is 0 Å². The minimum absolute atomic E-state index is 0.732. The zero-order valence-corrected chi connectivity index (χ0v) is 10.7. The van der Waals surface area contributed by atoms with E-state index in [9.17, 15) is 0 Å². The van der Waals surface area contributed by atoms with Crippen LogP contribution in [0, 0.1) is 13.8 Å². The molecule has 1 heterocycles. The van der Waals surface area contributed by atoms with Crippen LogP contribution >= 0.6 is 0 Å². The van der Waals surface area contributed by atoms with E-state index in [1.54, 1.807) is 0 Å². The van der Waals surface area contributed by atoms with Crippen molar-refractivity contribution in [2.24, 2.45) is 5.73 Å². The van der Waals surface area contributed by atoms with Crippen molar-refractivity contribution >= 4 is 10.9 Å². The van der Waals surface area contributed by atoms with E-state index in [0.29, 0.717) is 0 Å². The van der Waals surface area contributed by atoms with E-state index in [4.69, 9.17) is 5.73 Å². The van der Waals surface area contributed by atoms with Gasteiger partial charge in [-0.2, -0.15) is 0 Å². The Kier molecular flexibility index (Phi) is 2.48. The first-order valence-electron chi connectivity index (χ1n) is 6.52. The molecule has 2 nitrogen and oxygen atoms in total. The van der Waals surface area contributed by atoms with Crippen LogP contribution < -0.4 is 5.73 Å². The van der Waals surface area contributed by atoms with Crippen LogP contribution in [0.1, 0.15) is 35.7 Å². The Bertz CT molecular complexity index is 562. The highest BCUT2D eigenvalue weighted by atomic mass is 15.1. The second kappa shape index (κ2) is 3.88. The molecule has 0 saturated heterocycles. The molecule has 0 amide bonds. The fraction of sp³-hybridized carbons (Fsp3) is 0.467. The van der Waals surface area contributed by atoms with E-state index in [2.05, 4.69) is 36.6 Å². The molecule has 0 radical (unpaired) electrons. The van der Waals surface area contributed by atoms with Gasteiger partial charge in [-0.1, -0.05) is 11.6 Å². The van der Waals surface area contributed by atoms with Crippen molar-refractivity contribution in [2.45, 2.75) is 39.2 Å². The summed E-state index contributed by atoms with van der Waals surface area (Å²) in [7, 11) is 0. The fourth-order valence-electron chi connectivity index (χ4n) is 2.84. The molecule has 0 spiro atoms. The molecule has 1 aromatic heterocycles. The maximum Gasteiger partial charge on any atom is 0.0488 e. The van der Waals surface area contributed by atoms with Gasteiger partial charge in [0.25, 0.3) is 0 Å². The molecule has 17 heavy (non-hydrogen) atoms. The second-order valence-corrected chi connectivity index (χ2v) is 5.23. The normalized spacial score (nSPS) is 15.7. The van der Waals surface area contributed by atoms with Gasteiger partial charge in [0.15, 0.2) is 0 Å². The number of aromatic nitrogens is 1. The van der Waals surface area contributed by atoms with Crippen molar-refractivity contribution < 1.29 is 0 Å². The number of fused-ring (bicyclic) bond motifs is 1. The van der Waals surface area contributed by atoms with Gasteiger partial charge in [-0.05, 0) is 50.9 Å². The smallest absolute Gasteiger partial charge is 0.0488 e. The quantitative estimate of drug-likeness (QED) is 0.860. The number of nitrogens with two attached hydrogens (primary N) is 1. The first kappa shape index (κ1) is 10.8. The first-order valence-corrected chi connectivity index (χ1v) is 6.52. The molecule has 1 aliphatic rings. The number of hydrogen-bond donors (Lipinski definition) is 1. The SMILES string of the molecule is Cc1ccc2c(c1)c(C)c(CCN)n2C1CC1. The zero-order chi connectivity index (χ0) is 12.0. The van der Waals surface area contributed by atoms with Gasteiger partial charge >= 0.3 is 0 Å². The second-order valence-electron chi connectivity index (χ2n) is 5.23. The Hall–Kier alpha value is -1.28. The monoisotopic (exact) mass is 228 g/mol. The minimum atomic E-state index is 0.732. The number of hydrogen-bond acceptors (Lipinski definition) is 1. The lowest BCUT2D eigenvalue weighted by Crippen LogP contribution is -2.09. The lowest BCUT2D eigenvalue weighted by molar-refractivity contribution is 0.711. The van der Waals surface area contributed by atoms with Gasteiger partial charge in [-0.15, -0.1) is 0 Å². The van der Waals surface area contributed by atoms with E-state index in [0.717, 1.165) is 19.0 Å². The summed E-state index contributed by atoms with van der Waals surface area (Å²) in [6, 6.07) is 7.53. The summed E-state index contributed by atoms with van der Waals surface area (Å²) < 4.78 is 2.54. The highest BCUT2D eigenvalue weighted by Crippen LogP contribution is 2.41. The Morgan fingerprint density at radius 2 is 2.06 bits per heavy atom. The molecular formula is C15H20N2. The van der Waals surface area contributed by atoms with Crippen LogP contribution in [0.25, 0.3) is 10.9 Å². The van der Waals surface area contributed by atoms with Crippen LogP contribution in [0.3, 0.4) is 0 Å². The summed E-state index contributed by atoms with van der Waals surface area (Å²) in [6.45, 7) is 5.14. The highest BCUT2D eigenvalue weighted by Gasteiger charge is 2.28. The Morgan fingerprint density at radius 1 is 1.29 bits per heavy atom. The highest BCUT2D eigenvalue weighted by molar-refractivity contribution is 5.86. The van der Waals surface area contributed by atoms with Gasteiger partial charge in [0.1, 0.15) is 0 Å². The summed E-state index contributed by atoms with van der Waals surface area (Å²) in [5.41, 5.74) is 11.4. The maximum absolute atomic E-state index is 5.76. The average Bonchev–Trinajstić information content (AvgIpc) is 3.10. The van der Waals surface area contributed by atoms with Crippen LogP contribution in [-0.2, 0) is 6.42 Å². The third-order valence-electron chi connectivity index (χ3n) is 3.83. The molecule has 1 saturated carbocycles. The van der Waals surface area contributed by atoms with E-state index in [-0.39, 0.29) is 0 Å². The minimum Gasteiger partial charge on any atom is -0.341 e. The molecular weight excluding hydrogens is 208 g/mol. The standard InChI is InChI=1S/C15H20N2/c1-10-3-6-15-13(9-10)11(2)14(7-8-16)17(15)12-4-5-12/h3,6,9,12H,4-5,7-8,16H2,1-2H3. The molecule has 3 rings (SSSR count). The Labute approximate surface area is 102 Å². The predicted octanol–water partition coefficient (Wildman–Crippen LogP) is 3.09. The van der Waals surface area contributed by atoms with Crippen LogP contribution in [0.15, 0.2) is 18.2 Å². The topological polar surface area (TPSA) is 30.9 Å². The van der Waals surface area contributed by atoms with Crippen molar-refractivity contribution in [3.05, 3.63) is 35.0 Å². The van der Waals surface area contributed by atoms with Crippen molar-refractivity contribution in [3.63, 3.8) is 0 Å². The molecule has 2 heteroatoms. The molecule has 2 aromatic rings. The fourth-order valence-corrected chi connectivity index (χ4v) is 2.84. The Morgan fingerprint density at radius 3 is 2.71 bits per heavy atom. The van der Waals surface area contributed by atoms with Crippen molar-refractivity contribution in [2.75, 3.05) is 6.54 Å². The van der Waals surface area contributed by atoms with Crippen molar-refractivity contribution in [1.29, 1.82) is 0 Å². The molecule has 90 valence electrons. The Balaban J connectivity index is 2.28. The number of benzene rings is 1. The zero-order valence-electron chi connectivity index (χ0n) is 10.7. The molecule has 0 atom stereocenters. The number of aryl methyl sites for hydroxylation is 2. The van der Waals surface area contributed by atoms with Gasteiger partial charge in [-0.25, -0.2) is 0 Å². The van der Waals surface area contributed by atoms with E-state index >= 15 is 0 Å². The predicted molar refractivity (Wildman–Crippen MR) is 72.4 cm³/mol. The largest absolute Gasteiger partial charge is 0.341 e. The van der Waals surface area contributed by atoms with Crippen molar-refractivity contribution in [1.82, 2.24) is 4.57 Å². The third-order valence-corrected chi connectivity index (χ3v) is 3.83. The average molecular weight is 228 g/mol. The molecule has 1 aliphatic carbocycles. The molecule has 0 bridgehead atoms. The summed E-state index contributed by atoms with van der Waals surface area (Å²) in [5, 5.41) is 1.42. The lowest BCUT2D eigenvalue weighted by atomic mass is 10.1. The van der Waals surface area contributed by atoms with Gasteiger partial charge in [0.05, 0.1) is 0 Å².